The number of benzene rings is 1. The Balaban J connectivity index is 2.19. The Kier molecular flexibility index (Phi) is 2.18. The van der Waals surface area contributed by atoms with Crippen LogP contribution in [0.5, 0.6) is 0 Å². The molecule has 0 fully saturated rings. The average Bonchev–Trinajstić information content (AvgIpc) is 2.74. The van der Waals surface area contributed by atoms with Gasteiger partial charge in [-0.05, 0) is 30.2 Å². The highest BCUT2D eigenvalue weighted by molar-refractivity contribution is 5.95. The van der Waals surface area contributed by atoms with E-state index in [1.165, 1.54) is 0 Å². The van der Waals surface area contributed by atoms with Crippen LogP contribution in [0.4, 0.5) is 0 Å². The summed E-state index contributed by atoms with van der Waals surface area (Å²) in [5.41, 5.74) is 4.95. The van der Waals surface area contributed by atoms with E-state index in [-0.39, 0.29) is 5.97 Å². The van der Waals surface area contributed by atoms with Crippen molar-refractivity contribution in [1.29, 1.82) is 0 Å². The molecule has 3 nitrogen and oxygen atoms in total. The van der Waals surface area contributed by atoms with Gasteiger partial charge in [-0.3, -0.25) is 4.98 Å². The molecule has 1 aliphatic heterocycles. The molecule has 0 amide bonds. The largest absolute Gasteiger partial charge is 0.457 e. The highest BCUT2D eigenvalue weighted by Gasteiger charge is 2.24. The number of rotatable bonds is 1. The van der Waals surface area contributed by atoms with Crippen LogP contribution in [0.2, 0.25) is 0 Å². The second-order valence-corrected chi connectivity index (χ2v) is 4.08. The quantitative estimate of drug-likeness (QED) is 0.700. The Hall–Kier alpha value is -2.16. The number of fused-ring (bicyclic) bond motifs is 1. The minimum Gasteiger partial charge on any atom is -0.457 e. The Morgan fingerprint density at radius 2 is 2.06 bits per heavy atom. The maximum atomic E-state index is 11.4. The molecule has 0 saturated carbocycles. The van der Waals surface area contributed by atoms with Crippen molar-refractivity contribution in [2.24, 2.45) is 0 Å². The molecule has 0 atom stereocenters. The second-order valence-electron chi connectivity index (χ2n) is 4.08. The molecule has 1 aromatic heterocycles. The predicted molar refractivity (Wildman–Crippen MR) is 63.5 cm³/mol. The summed E-state index contributed by atoms with van der Waals surface area (Å²) in [6.45, 7) is 2.40. The van der Waals surface area contributed by atoms with Crippen molar-refractivity contribution in [2.75, 3.05) is 0 Å². The van der Waals surface area contributed by atoms with Crippen LogP contribution in [0.25, 0.3) is 11.1 Å². The maximum absolute atomic E-state index is 11.4. The van der Waals surface area contributed by atoms with E-state index in [1.54, 1.807) is 6.20 Å². The number of cyclic esters (lactones) is 1. The fourth-order valence-electron chi connectivity index (χ4n) is 2.18. The first kappa shape index (κ1) is 10.0. The van der Waals surface area contributed by atoms with Crippen LogP contribution in [0, 0.1) is 6.92 Å². The zero-order chi connectivity index (χ0) is 11.8. The van der Waals surface area contributed by atoms with Gasteiger partial charge in [-0.15, -0.1) is 0 Å². The number of hydrogen-bond donors (Lipinski definition) is 0. The lowest BCUT2D eigenvalue weighted by Crippen LogP contribution is -1.95. The van der Waals surface area contributed by atoms with E-state index in [9.17, 15) is 4.79 Å². The van der Waals surface area contributed by atoms with Gasteiger partial charge in [-0.25, -0.2) is 4.79 Å². The molecule has 3 heteroatoms. The number of esters is 1. The molecule has 1 aliphatic rings. The first-order chi connectivity index (χ1) is 8.27. The SMILES string of the molecule is Cc1c(-c2cccnc2)ccc2c1COC2=O. The normalized spacial score (nSPS) is 13.4. The summed E-state index contributed by atoms with van der Waals surface area (Å²) in [6, 6.07) is 7.71. The van der Waals surface area contributed by atoms with Crippen molar-refractivity contribution < 1.29 is 9.53 Å². The first-order valence-electron chi connectivity index (χ1n) is 5.47. The van der Waals surface area contributed by atoms with Crippen molar-refractivity contribution in [2.45, 2.75) is 13.5 Å². The van der Waals surface area contributed by atoms with Crippen LogP contribution >= 0.6 is 0 Å². The third kappa shape index (κ3) is 1.51. The van der Waals surface area contributed by atoms with Gasteiger partial charge >= 0.3 is 5.97 Å². The maximum Gasteiger partial charge on any atom is 0.338 e. The summed E-state index contributed by atoms with van der Waals surface area (Å²) >= 11 is 0. The zero-order valence-corrected chi connectivity index (χ0v) is 9.43. The van der Waals surface area contributed by atoms with Gasteiger partial charge < -0.3 is 4.74 Å². The van der Waals surface area contributed by atoms with Crippen LogP contribution in [-0.4, -0.2) is 11.0 Å². The van der Waals surface area contributed by atoms with Gasteiger partial charge in [0.15, 0.2) is 0 Å². The number of carbonyl (C=O) groups is 1. The van der Waals surface area contributed by atoms with Gasteiger partial charge in [0.05, 0.1) is 5.56 Å². The molecule has 17 heavy (non-hydrogen) atoms. The van der Waals surface area contributed by atoms with E-state index >= 15 is 0 Å². The molecular formula is C14H11NO2. The minimum atomic E-state index is -0.221. The molecule has 0 spiro atoms. The monoisotopic (exact) mass is 225 g/mol. The summed E-state index contributed by atoms with van der Waals surface area (Å²) < 4.78 is 5.04. The van der Waals surface area contributed by atoms with Crippen molar-refractivity contribution in [1.82, 2.24) is 4.98 Å². The lowest BCUT2D eigenvalue weighted by Gasteiger charge is -2.08. The van der Waals surface area contributed by atoms with Crippen LogP contribution in [0.1, 0.15) is 21.5 Å². The fraction of sp³-hybridized carbons (Fsp3) is 0.143. The van der Waals surface area contributed by atoms with E-state index in [0.29, 0.717) is 12.2 Å². The van der Waals surface area contributed by atoms with Crippen LogP contribution < -0.4 is 0 Å². The molecule has 2 aromatic rings. The molecule has 0 aliphatic carbocycles. The molecule has 0 unspecified atom stereocenters. The summed E-state index contributed by atoms with van der Waals surface area (Å²) in [6.07, 6.45) is 3.57. The van der Waals surface area contributed by atoms with E-state index in [4.69, 9.17) is 4.74 Å². The molecule has 0 radical (unpaired) electrons. The summed E-state index contributed by atoms with van der Waals surface area (Å²) in [5, 5.41) is 0. The van der Waals surface area contributed by atoms with Crippen molar-refractivity contribution in [3.05, 3.63) is 53.3 Å². The third-order valence-electron chi connectivity index (χ3n) is 3.14. The number of nitrogens with zero attached hydrogens (tertiary/aromatic N) is 1. The predicted octanol–water partition coefficient (Wildman–Crippen LogP) is 2.73. The Labute approximate surface area is 99.1 Å². The topological polar surface area (TPSA) is 39.2 Å². The summed E-state index contributed by atoms with van der Waals surface area (Å²) in [4.78, 5) is 15.5. The lowest BCUT2D eigenvalue weighted by molar-refractivity contribution is 0.0535. The fourth-order valence-corrected chi connectivity index (χ4v) is 2.18. The Morgan fingerprint density at radius 1 is 1.24 bits per heavy atom. The van der Waals surface area contributed by atoms with Gasteiger partial charge in [0.2, 0.25) is 0 Å². The number of hydrogen-bond acceptors (Lipinski definition) is 3. The van der Waals surface area contributed by atoms with Gasteiger partial charge in [-0.1, -0.05) is 12.1 Å². The lowest BCUT2D eigenvalue weighted by atomic mass is 9.95. The number of carbonyl (C=O) groups excluding carboxylic acids is 1. The van der Waals surface area contributed by atoms with Gasteiger partial charge in [0.1, 0.15) is 6.61 Å². The number of aromatic nitrogens is 1. The van der Waals surface area contributed by atoms with Crippen molar-refractivity contribution in [3.63, 3.8) is 0 Å². The van der Waals surface area contributed by atoms with Crippen molar-refractivity contribution in [3.8, 4) is 11.1 Å². The first-order valence-corrected chi connectivity index (χ1v) is 5.47. The smallest absolute Gasteiger partial charge is 0.338 e. The van der Waals surface area contributed by atoms with Gasteiger partial charge in [0.25, 0.3) is 0 Å². The third-order valence-corrected chi connectivity index (χ3v) is 3.14. The van der Waals surface area contributed by atoms with Crippen LogP contribution in [0.3, 0.4) is 0 Å². The van der Waals surface area contributed by atoms with E-state index in [0.717, 1.165) is 22.3 Å². The summed E-state index contributed by atoms with van der Waals surface area (Å²) in [7, 11) is 0. The van der Waals surface area contributed by atoms with Gasteiger partial charge in [0, 0.05) is 23.5 Å². The second kappa shape index (κ2) is 3.70. The molecule has 0 saturated heterocycles. The highest BCUT2D eigenvalue weighted by Crippen LogP contribution is 2.31. The van der Waals surface area contributed by atoms with Gasteiger partial charge in [-0.2, -0.15) is 0 Å². The summed E-state index contributed by atoms with van der Waals surface area (Å²) in [5.74, 6) is -0.221. The molecular weight excluding hydrogens is 214 g/mol. The molecule has 1 aromatic carbocycles. The number of pyridine rings is 1. The van der Waals surface area contributed by atoms with Crippen molar-refractivity contribution >= 4 is 5.97 Å². The molecule has 2 heterocycles. The minimum absolute atomic E-state index is 0.221. The molecule has 0 N–H and O–H groups in total. The Bertz CT molecular complexity index is 591. The van der Waals surface area contributed by atoms with Crippen LogP contribution in [-0.2, 0) is 11.3 Å². The molecule has 84 valence electrons. The van der Waals surface area contributed by atoms with Crippen LogP contribution in [0.15, 0.2) is 36.7 Å². The average molecular weight is 225 g/mol. The van der Waals surface area contributed by atoms with E-state index in [2.05, 4.69) is 4.98 Å². The number of ether oxygens (including phenoxy) is 1. The highest BCUT2D eigenvalue weighted by atomic mass is 16.5. The zero-order valence-electron chi connectivity index (χ0n) is 9.43. The standard InChI is InChI=1S/C14H11NO2/c1-9-11(10-3-2-6-15-7-10)4-5-12-13(9)8-17-14(12)16/h2-7H,8H2,1H3. The molecule has 0 bridgehead atoms. The van der Waals surface area contributed by atoms with E-state index in [1.807, 2.05) is 37.4 Å². The van der Waals surface area contributed by atoms with E-state index < -0.39 is 0 Å². The molecule has 3 rings (SSSR count). The Morgan fingerprint density at radius 3 is 2.82 bits per heavy atom.